The number of unbranched alkanes of at least 4 members (excludes halogenated alkanes) is 4. The molecular weight excluding hydrogens is 660 g/mol. The Hall–Kier alpha value is -4.81. The van der Waals surface area contributed by atoms with E-state index in [1.54, 1.807) is 0 Å². The minimum absolute atomic E-state index is 0.00904. The smallest absolute Gasteiger partial charge is 0.232 e. The molecule has 14 N–H and O–H groups in total. The Morgan fingerprint density at radius 2 is 1.10 bits per heavy atom. The largest absolute Gasteiger partial charge is 0.370 e. The molecule has 1 aromatic carbocycles. The molecule has 0 bridgehead atoms. The first kappa shape index (κ1) is 40.0. The fourth-order valence-corrected chi connectivity index (χ4v) is 5.73. The summed E-state index contributed by atoms with van der Waals surface area (Å²) in [5, 5.41) is 13.5. The van der Waals surface area contributed by atoms with E-state index in [0.29, 0.717) is 94.6 Å². The van der Waals surface area contributed by atoms with E-state index in [-0.39, 0.29) is 12.0 Å². The molecule has 1 aliphatic heterocycles. The van der Waals surface area contributed by atoms with Gasteiger partial charge in [-0.2, -0.15) is 29.9 Å². The van der Waals surface area contributed by atoms with Gasteiger partial charge in [0.15, 0.2) is 5.96 Å². The van der Waals surface area contributed by atoms with Gasteiger partial charge in [-0.05, 0) is 83.0 Å². The Morgan fingerprint density at radius 1 is 0.615 bits per heavy atom. The van der Waals surface area contributed by atoms with Crippen LogP contribution in [0.1, 0.15) is 56.9 Å². The maximum atomic E-state index is 5.73. The van der Waals surface area contributed by atoms with E-state index in [1.165, 1.54) is 5.56 Å². The normalized spacial score (nSPS) is 14.2. The van der Waals surface area contributed by atoms with Crippen molar-refractivity contribution in [2.45, 2.75) is 63.8 Å². The van der Waals surface area contributed by atoms with Gasteiger partial charge in [0.05, 0.1) is 6.04 Å². The lowest BCUT2D eigenvalue weighted by molar-refractivity contribution is 0.502. The fourth-order valence-electron chi connectivity index (χ4n) is 5.73. The summed E-state index contributed by atoms with van der Waals surface area (Å²) >= 11 is 0. The number of nitrogens with one attached hydrogen (secondary N) is 4. The second-order valence-corrected chi connectivity index (χ2v) is 12.8. The Kier molecular flexibility index (Phi) is 17.6. The molecule has 1 unspecified atom stereocenters. The van der Waals surface area contributed by atoms with Crippen LogP contribution in [-0.2, 0) is 6.42 Å². The summed E-state index contributed by atoms with van der Waals surface area (Å²) in [6.45, 7) is 7.31. The van der Waals surface area contributed by atoms with Gasteiger partial charge in [-0.3, -0.25) is 4.99 Å². The van der Waals surface area contributed by atoms with E-state index in [2.05, 4.69) is 65.3 Å². The SMILES string of the molecule is NCCCCNc1nc(NCCCCN)nc(N2CCN(c3nc(NCCCCN)nc(NCCCCN=C(N)N)n3)C(Cc3ccccc3)C2)n1. The van der Waals surface area contributed by atoms with Crippen molar-refractivity contribution in [3.05, 3.63) is 35.9 Å². The van der Waals surface area contributed by atoms with Crippen molar-refractivity contribution in [3.63, 3.8) is 0 Å². The van der Waals surface area contributed by atoms with Crippen molar-refractivity contribution in [3.8, 4) is 0 Å². The molecular formula is C34H60N18. The van der Waals surface area contributed by atoms with Crippen LogP contribution in [-0.4, -0.2) is 114 Å². The lowest BCUT2D eigenvalue weighted by Gasteiger charge is -2.41. The molecule has 3 aromatic rings. The van der Waals surface area contributed by atoms with Crippen LogP contribution in [0.25, 0.3) is 0 Å². The maximum absolute atomic E-state index is 5.73. The van der Waals surface area contributed by atoms with Gasteiger partial charge in [0.1, 0.15) is 0 Å². The van der Waals surface area contributed by atoms with E-state index < -0.39 is 0 Å². The van der Waals surface area contributed by atoms with Gasteiger partial charge in [0.2, 0.25) is 35.7 Å². The molecule has 0 aliphatic carbocycles. The van der Waals surface area contributed by atoms with Crippen molar-refractivity contribution in [2.24, 2.45) is 33.7 Å². The van der Waals surface area contributed by atoms with Gasteiger partial charge in [-0.25, -0.2) is 0 Å². The third-order valence-electron chi connectivity index (χ3n) is 8.49. The Balaban J connectivity index is 1.58. The van der Waals surface area contributed by atoms with Gasteiger partial charge < -0.3 is 59.7 Å². The summed E-state index contributed by atoms with van der Waals surface area (Å²) < 4.78 is 0. The highest BCUT2D eigenvalue weighted by atomic mass is 15.4. The van der Waals surface area contributed by atoms with E-state index in [9.17, 15) is 0 Å². The first-order valence-corrected chi connectivity index (χ1v) is 18.7. The van der Waals surface area contributed by atoms with Crippen LogP contribution >= 0.6 is 0 Å². The standard InChI is InChI=1S/C34H60N18/c35-14-4-7-18-41-29-45-30(42-19-8-5-15-36)48-33(47-29)51-22-23-52(27(25-51)24-26-12-2-1-3-13-26)34-49-31(43-20-9-6-16-37)46-32(50-34)44-21-11-10-17-40-28(38)39/h1-3,12-13,27H,4-11,14-25,35-37H2,(H4,38,39,40)(H2,41,42,45,47,48)(H2,43,44,46,49,50). The number of piperazine rings is 1. The Bertz CT molecular complexity index is 1420. The highest BCUT2D eigenvalue weighted by Gasteiger charge is 2.31. The van der Waals surface area contributed by atoms with Crippen LogP contribution < -0.4 is 59.7 Å². The summed E-state index contributed by atoms with van der Waals surface area (Å²) in [6.07, 6.45) is 8.01. The molecule has 2 aromatic heterocycles. The number of benzene rings is 1. The van der Waals surface area contributed by atoms with Crippen LogP contribution in [0.5, 0.6) is 0 Å². The summed E-state index contributed by atoms with van der Waals surface area (Å²) in [7, 11) is 0. The minimum atomic E-state index is 0.00904. The molecule has 1 fully saturated rings. The predicted octanol–water partition coefficient (Wildman–Crippen LogP) is 0.912. The predicted molar refractivity (Wildman–Crippen MR) is 212 cm³/mol. The van der Waals surface area contributed by atoms with Crippen LogP contribution in [0.4, 0.5) is 35.7 Å². The van der Waals surface area contributed by atoms with Gasteiger partial charge in [0, 0.05) is 52.4 Å². The molecule has 286 valence electrons. The molecule has 0 radical (unpaired) electrons. The second-order valence-electron chi connectivity index (χ2n) is 12.8. The Morgan fingerprint density at radius 3 is 1.58 bits per heavy atom. The molecule has 18 nitrogen and oxygen atoms in total. The minimum Gasteiger partial charge on any atom is -0.370 e. The number of nitrogens with zero attached hydrogens (tertiary/aromatic N) is 9. The molecule has 0 spiro atoms. The van der Waals surface area contributed by atoms with Gasteiger partial charge in [-0.15, -0.1) is 0 Å². The van der Waals surface area contributed by atoms with Gasteiger partial charge >= 0.3 is 0 Å². The van der Waals surface area contributed by atoms with Crippen LogP contribution in [0, 0.1) is 0 Å². The number of rotatable bonds is 25. The third-order valence-corrected chi connectivity index (χ3v) is 8.49. The number of nitrogens with two attached hydrogens (primary N) is 5. The summed E-state index contributed by atoms with van der Waals surface area (Å²) in [5.41, 5.74) is 29.3. The van der Waals surface area contributed by atoms with Gasteiger partial charge in [-0.1, -0.05) is 30.3 Å². The van der Waals surface area contributed by atoms with Crippen molar-refractivity contribution in [2.75, 3.05) is 103 Å². The molecule has 52 heavy (non-hydrogen) atoms. The highest BCUT2D eigenvalue weighted by Crippen LogP contribution is 2.25. The summed E-state index contributed by atoms with van der Waals surface area (Å²) in [6, 6.07) is 10.5. The van der Waals surface area contributed by atoms with E-state index in [4.69, 9.17) is 53.6 Å². The van der Waals surface area contributed by atoms with Crippen molar-refractivity contribution in [1.29, 1.82) is 0 Å². The van der Waals surface area contributed by atoms with Crippen molar-refractivity contribution >= 4 is 41.6 Å². The fraction of sp³-hybridized carbons (Fsp3) is 0.618. The van der Waals surface area contributed by atoms with E-state index in [1.807, 2.05) is 6.07 Å². The topological polar surface area (TPSA) is 274 Å². The van der Waals surface area contributed by atoms with Crippen LogP contribution in [0.2, 0.25) is 0 Å². The molecule has 1 saturated heterocycles. The number of hydrogen-bond donors (Lipinski definition) is 9. The zero-order valence-electron chi connectivity index (χ0n) is 30.5. The molecule has 1 aliphatic rings. The van der Waals surface area contributed by atoms with E-state index in [0.717, 1.165) is 70.9 Å². The van der Waals surface area contributed by atoms with Crippen molar-refractivity contribution in [1.82, 2.24) is 29.9 Å². The average Bonchev–Trinajstić information content (AvgIpc) is 3.15. The number of guanidine groups is 1. The molecule has 1 atom stereocenters. The number of anilines is 6. The van der Waals surface area contributed by atoms with E-state index >= 15 is 0 Å². The monoisotopic (exact) mass is 721 g/mol. The number of aromatic nitrogens is 6. The molecule has 0 amide bonds. The lowest BCUT2D eigenvalue weighted by atomic mass is 10.0. The molecule has 4 rings (SSSR count). The maximum Gasteiger partial charge on any atom is 0.232 e. The lowest BCUT2D eigenvalue weighted by Crippen LogP contribution is -2.55. The number of hydrogen-bond acceptors (Lipinski definition) is 16. The summed E-state index contributed by atoms with van der Waals surface area (Å²) in [5.74, 6) is 3.47. The first-order chi connectivity index (χ1) is 25.5. The highest BCUT2D eigenvalue weighted by molar-refractivity contribution is 5.75. The summed E-state index contributed by atoms with van der Waals surface area (Å²) in [4.78, 5) is 37.5. The quantitative estimate of drug-likeness (QED) is 0.0334. The first-order valence-electron chi connectivity index (χ1n) is 18.7. The van der Waals surface area contributed by atoms with Crippen LogP contribution in [0.3, 0.4) is 0 Å². The molecule has 0 saturated carbocycles. The Labute approximate surface area is 307 Å². The third kappa shape index (κ3) is 14.1. The molecule has 3 heterocycles. The van der Waals surface area contributed by atoms with Gasteiger partial charge in [0.25, 0.3) is 0 Å². The second kappa shape index (κ2) is 22.9. The number of aliphatic imine (C=N–C) groups is 1. The average molecular weight is 721 g/mol. The van der Waals surface area contributed by atoms with Crippen molar-refractivity contribution < 1.29 is 0 Å². The molecule has 18 heteroatoms. The zero-order chi connectivity index (χ0) is 36.8. The zero-order valence-corrected chi connectivity index (χ0v) is 30.5. The van der Waals surface area contributed by atoms with Crippen LogP contribution in [0.15, 0.2) is 35.3 Å².